The monoisotopic (exact) mass is 747 g/mol. The molecule has 4 heterocycles. The summed E-state index contributed by atoms with van der Waals surface area (Å²) in [5, 5.41) is 23.5. The average molecular weight is 748 g/mol. The summed E-state index contributed by atoms with van der Waals surface area (Å²) in [5.74, 6) is -7.03. The minimum absolute atomic E-state index is 0.0536. The number of nitrogens with zero attached hydrogens (tertiary/aromatic N) is 1. The summed E-state index contributed by atoms with van der Waals surface area (Å²) in [4.78, 5) is 57.4. The van der Waals surface area contributed by atoms with Crippen LogP contribution in [0.25, 0.3) is 0 Å². The van der Waals surface area contributed by atoms with Crippen LogP contribution in [0, 0.1) is 29.6 Å². The van der Waals surface area contributed by atoms with Gasteiger partial charge in [-0.15, -0.1) is 0 Å². The Bertz CT molecular complexity index is 1340. The van der Waals surface area contributed by atoms with Gasteiger partial charge in [-0.1, -0.05) is 45.4 Å². The molecular formula is C41H65NO11. The number of ether oxygens (including phenoxy) is 5. The highest BCUT2D eigenvalue weighted by atomic mass is 16.7. The Hall–Kier alpha value is -2.48. The molecule has 11 atom stereocenters. The van der Waals surface area contributed by atoms with Crippen LogP contribution in [0.1, 0.15) is 106 Å². The number of amides is 1. The van der Waals surface area contributed by atoms with E-state index in [0.29, 0.717) is 45.3 Å². The number of Topliss-reactive ketones (excluding diaryl/α,β-unsaturated/α-hetero) is 2. The summed E-state index contributed by atoms with van der Waals surface area (Å²) in [7, 11) is 3.08. The third-order valence-corrected chi connectivity index (χ3v) is 12.1. The first kappa shape index (κ1) is 43.3. The Labute approximate surface area is 315 Å². The average Bonchev–Trinajstić information content (AvgIpc) is 3.14. The Morgan fingerprint density at radius 1 is 1.00 bits per heavy atom. The molecule has 1 amide bonds. The molecule has 0 aromatic heterocycles. The van der Waals surface area contributed by atoms with Gasteiger partial charge in [0.25, 0.3) is 11.7 Å². The maximum absolute atomic E-state index is 14.2. The first-order chi connectivity index (χ1) is 25.1. The second-order valence-corrected chi connectivity index (χ2v) is 16.2. The van der Waals surface area contributed by atoms with Crippen molar-refractivity contribution in [3.05, 3.63) is 23.3 Å². The zero-order valence-corrected chi connectivity index (χ0v) is 33.2. The number of carbonyl (C=O) groups excluding carboxylic acids is 4. The molecule has 0 spiro atoms. The van der Waals surface area contributed by atoms with Crippen molar-refractivity contribution in [2.24, 2.45) is 29.6 Å². The van der Waals surface area contributed by atoms with Gasteiger partial charge in [0.1, 0.15) is 24.0 Å². The van der Waals surface area contributed by atoms with E-state index in [1.165, 1.54) is 19.1 Å². The fourth-order valence-corrected chi connectivity index (χ4v) is 8.72. The molecule has 0 radical (unpaired) electrons. The molecule has 2 bridgehead atoms. The highest BCUT2D eigenvalue weighted by Crippen LogP contribution is 2.39. The van der Waals surface area contributed by atoms with Crippen molar-refractivity contribution in [2.45, 2.75) is 148 Å². The number of esters is 1. The molecule has 3 saturated heterocycles. The Balaban J connectivity index is 1.76. The van der Waals surface area contributed by atoms with Gasteiger partial charge in [0.15, 0.2) is 0 Å². The third kappa shape index (κ3) is 10.4. The quantitative estimate of drug-likeness (QED) is 0.228. The molecule has 0 unspecified atom stereocenters. The first-order valence-electron chi connectivity index (χ1n) is 19.8. The number of aliphatic hydroxyl groups is 2. The van der Waals surface area contributed by atoms with Gasteiger partial charge < -0.3 is 38.8 Å². The minimum Gasteiger partial charge on any atom is -0.456 e. The van der Waals surface area contributed by atoms with Gasteiger partial charge in [-0.2, -0.15) is 0 Å². The summed E-state index contributed by atoms with van der Waals surface area (Å²) < 4.78 is 29.7. The topological polar surface area (TPSA) is 158 Å². The molecule has 0 aromatic carbocycles. The summed E-state index contributed by atoms with van der Waals surface area (Å²) in [5.41, 5.74) is 1.76. The molecule has 4 aliphatic heterocycles. The Morgan fingerprint density at radius 3 is 2.30 bits per heavy atom. The molecule has 2 N–H and O–H groups in total. The van der Waals surface area contributed by atoms with Crippen LogP contribution in [0.15, 0.2) is 23.3 Å². The smallest absolute Gasteiger partial charge is 0.329 e. The number of ketones is 2. The molecule has 4 aliphatic rings. The van der Waals surface area contributed by atoms with E-state index >= 15 is 0 Å². The van der Waals surface area contributed by atoms with E-state index in [0.717, 1.165) is 24.0 Å². The van der Waals surface area contributed by atoms with E-state index < -0.39 is 77.8 Å². The van der Waals surface area contributed by atoms with Gasteiger partial charge in [-0.25, -0.2) is 4.79 Å². The number of fused-ring (bicyclic) bond motifs is 3. The normalized spacial score (nSPS) is 39.4. The molecule has 3 fully saturated rings. The molecule has 0 saturated carbocycles. The molecular weight excluding hydrogens is 682 g/mol. The van der Waals surface area contributed by atoms with Crippen molar-refractivity contribution in [3.8, 4) is 0 Å². The van der Waals surface area contributed by atoms with Crippen LogP contribution in [-0.4, -0.2) is 115 Å². The van der Waals surface area contributed by atoms with E-state index in [9.17, 15) is 29.4 Å². The SMILES string of the molecule is CC[C@@H]1/C=C(\C)C[C@H](C)C[C@H](OC)[C@H]2O[C@@](O)(C(=O)C(=O)N3CCCC[C@H]3C(=O)O[C@@H](/C(C)=C/C3CCOCC3)[C@H](C)[C@@H](O)CC1=O)[C@H](C)C[C@@H]2OC. The van der Waals surface area contributed by atoms with Crippen LogP contribution < -0.4 is 0 Å². The van der Waals surface area contributed by atoms with Crippen molar-refractivity contribution in [1.29, 1.82) is 0 Å². The van der Waals surface area contributed by atoms with Gasteiger partial charge in [0, 0.05) is 58.2 Å². The maximum atomic E-state index is 14.2. The fraction of sp³-hybridized carbons (Fsp3) is 0.805. The molecule has 53 heavy (non-hydrogen) atoms. The summed E-state index contributed by atoms with van der Waals surface area (Å²) in [6, 6.07) is -1.09. The van der Waals surface area contributed by atoms with Crippen LogP contribution in [0.3, 0.4) is 0 Å². The lowest BCUT2D eigenvalue weighted by Gasteiger charge is -2.47. The predicted octanol–water partition coefficient (Wildman–Crippen LogP) is 4.72. The molecule has 0 aliphatic carbocycles. The van der Waals surface area contributed by atoms with Crippen molar-refractivity contribution < 1.29 is 53.1 Å². The zero-order valence-electron chi connectivity index (χ0n) is 33.2. The van der Waals surface area contributed by atoms with Crippen molar-refractivity contribution in [2.75, 3.05) is 34.0 Å². The van der Waals surface area contributed by atoms with E-state index in [4.69, 9.17) is 23.7 Å². The first-order valence-corrected chi connectivity index (χ1v) is 19.8. The number of carbonyl (C=O) groups is 4. The third-order valence-electron chi connectivity index (χ3n) is 12.1. The van der Waals surface area contributed by atoms with Crippen LogP contribution >= 0.6 is 0 Å². The zero-order chi connectivity index (χ0) is 39.0. The largest absolute Gasteiger partial charge is 0.456 e. The van der Waals surface area contributed by atoms with E-state index in [1.54, 1.807) is 13.8 Å². The van der Waals surface area contributed by atoms with Gasteiger partial charge in [0.2, 0.25) is 5.79 Å². The van der Waals surface area contributed by atoms with E-state index in [1.807, 2.05) is 26.8 Å². The highest BCUT2D eigenvalue weighted by Gasteiger charge is 2.56. The number of aliphatic hydroxyl groups excluding tert-OH is 1. The fourth-order valence-electron chi connectivity index (χ4n) is 8.72. The highest BCUT2D eigenvalue weighted by molar-refractivity contribution is 6.39. The number of rotatable bonds is 5. The maximum Gasteiger partial charge on any atom is 0.329 e. The summed E-state index contributed by atoms with van der Waals surface area (Å²) in [6.07, 6.45) is 4.95. The number of hydrogen-bond acceptors (Lipinski definition) is 11. The van der Waals surface area contributed by atoms with Crippen molar-refractivity contribution in [3.63, 3.8) is 0 Å². The van der Waals surface area contributed by atoms with Gasteiger partial charge in [0.05, 0.1) is 18.3 Å². The van der Waals surface area contributed by atoms with E-state index in [-0.39, 0.29) is 43.4 Å². The molecule has 4 rings (SSSR count). The lowest BCUT2D eigenvalue weighted by atomic mass is 9.82. The van der Waals surface area contributed by atoms with Crippen LogP contribution in [0.5, 0.6) is 0 Å². The number of cyclic esters (lactones) is 1. The molecule has 300 valence electrons. The lowest BCUT2D eigenvalue weighted by Crippen LogP contribution is -2.64. The van der Waals surface area contributed by atoms with Crippen LogP contribution in [-0.2, 0) is 42.9 Å². The summed E-state index contributed by atoms with van der Waals surface area (Å²) >= 11 is 0. The Kier molecular flexibility index (Phi) is 15.8. The second kappa shape index (κ2) is 19.4. The summed E-state index contributed by atoms with van der Waals surface area (Å²) in [6.45, 7) is 12.6. The Morgan fingerprint density at radius 2 is 1.66 bits per heavy atom. The standard InChI is InChI=1S/C41H65NO11/c1-9-30-19-24(2)18-25(3)20-34(49-7)37-35(50-8)22-27(5)41(48,53-37)38(45)39(46)42-15-11-10-12-31(42)40(47)52-36(28(6)32(43)23-33(30)44)26(4)21-29-13-16-51-17-14-29/h19,21,25,27-32,34-37,43,48H,9-18,20,22-23H2,1-8H3/b24-19+,26-21+/t25-,27+,28+,30+,31-,32-,34-,35-,36-,37+,41+/m0/s1. The van der Waals surface area contributed by atoms with Gasteiger partial charge >= 0.3 is 5.97 Å². The molecule has 0 aromatic rings. The van der Waals surface area contributed by atoms with Crippen molar-refractivity contribution in [1.82, 2.24) is 4.90 Å². The molecule has 12 nitrogen and oxygen atoms in total. The lowest BCUT2D eigenvalue weighted by molar-refractivity contribution is -0.302. The number of allylic oxidation sites excluding steroid dienone is 3. The van der Waals surface area contributed by atoms with E-state index in [2.05, 4.69) is 13.0 Å². The number of piperidine rings is 1. The predicted molar refractivity (Wildman–Crippen MR) is 197 cm³/mol. The number of methoxy groups -OCH3 is 2. The van der Waals surface area contributed by atoms with Crippen molar-refractivity contribution >= 4 is 23.4 Å². The van der Waals surface area contributed by atoms with Gasteiger partial charge in [-0.05, 0) is 89.0 Å². The van der Waals surface area contributed by atoms with Gasteiger partial charge in [-0.3, -0.25) is 14.4 Å². The minimum atomic E-state index is -2.48. The second-order valence-electron chi connectivity index (χ2n) is 16.2. The van der Waals surface area contributed by atoms with Crippen LogP contribution in [0.2, 0.25) is 0 Å². The number of hydrogen-bond donors (Lipinski definition) is 2. The van der Waals surface area contributed by atoms with Crippen LogP contribution in [0.4, 0.5) is 0 Å². The molecule has 12 heteroatoms.